The molecule has 0 saturated heterocycles. The number of carbonyl (C=O) groups excluding carboxylic acids is 6. The quantitative estimate of drug-likeness (QED) is 0.120. The van der Waals surface area contributed by atoms with E-state index in [2.05, 4.69) is 0 Å². The molecule has 6 rings (SSSR count). The van der Waals surface area contributed by atoms with Crippen LogP contribution >= 0.6 is 0 Å². The molecule has 0 aliphatic carbocycles. The minimum absolute atomic E-state index is 0.0726. The molecule has 2 heterocycles. The molecule has 0 radical (unpaired) electrons. The van der Waals surface area contributed by atoms with Gasteiger partial charge >= 0.3 is 18.1 Å². The fraction of sp³-hybridized carbons (Fsp3) is 0.189. The number of fused-ring (bicyclic) bond motifs is 2. The summed E-state index contributed by atoms with van der Waals surface area (Å²) in [7, 11) is 1.34. The van der Waals surface area contributed by atoms with Crippen LogP contribution in [0.1, 0.15) is 78.9 Å². The van der Waals surface area contributed by atoms with E-state index in [0.29, 0.717) is 4.90 Å². The molecule has 1 unspecified atom stereocenters. The van der Waals surface area contributed by atoms with Gasteiger partial charge in [-0.2, -0.15) is 13.2 Å². The van der Waals surface area contributed by atoms with Gasteiger partial charge in [0.05, 0.1) is 27.9 Å². The highest BCUT2D eigenvalue weighted by molar-refractivity contribution is 6.35. The Morgan fingerprint density at radius 3 is 1.65 bits per heavy atom. The van der Waals surface area contributed by atoms with E-state index >= 15 is 13.2 Å². The van der Waals surface area contributed by atoms with Crippen LogP contribution in [0.25, 0.3) is 0 Å². The van der Waals surface area contributed by atoms with Crippen molar-refractivity contribution in [3.8, 4) is 23.0 Å². The third-order valence-corrected chi connectivity index (χ3v) is 8.76. The fourth-order valence-corrected chi connectivity index (χ4v) is 6.01. The summed E-state index contributed by atoms with van der Waals surface area (Å²) in [6.07, 6.45) is -4.93. The summed E-state index contributed by atoms with van der Waals surface area (Å²) >= 11 is 0. The summed E-state index contributed by atoms with van der Waals surface area (Å²) < 4.78 is 61.5. The second-order valence-corrected chi connectivity index (χ2v) is 12.1. The van der Waals surface area contributed by atoms with Crippen molar-refractivity contribution in [1.82, 2.24) is 4.90 Å². The molecule has 0 saturated carbocycles. The predicted octanol–water partition coefficient (Wildman–Crippen LogP) is 6.53. The van der Waals surface area contributed by atoms with Gasteiger partial charge in [0.25, 0.3) is 23.6 Å². The first kappa shape index (κ1) is 34.5. The Kier molecular flexibility index (Phi) is 8.28. The normalized spacial score (nSPS) is 15.1. The molecular formula is C37H27F3N2O9. The van der Waals surface area contributed by atoms with Crippen LogP contribution in [0.15, 0.2) is 72.8 Å². The lowest BCUT2D eigenvalue weighted by atomic mass is 9.75. The van der Waals surface area contributed by atoms with Gasteiger partial charge in [0.15, 0.2) is 5.75 Å². The first-order chi connectivity index (χ1) is 23.9. The number of ether oxygens (including phenoxy) is 3. The zero-order valence-corrected chi connectivity index (χ0v) is 27.6. The maximum absolute atomic E-state index is 15.1. The summed E-state index contributed by atoms with van der Waals surface area (Å²) in [6.45, 7) is 4.61. The van der Waals surface area contributed by atoms with E-state index in [4.69, 9.17) is 14.2 Å². The van der Waals surface area contributed by atoms with Crippen LogP contribution in [-0.2, 0) is 15.0 Å². The van der Waals surface area contributed by atoms with E-state index in [-0.39, 0.29) is 56.4 Å². The Morgan fingerprint density at radius 2 is 1.10 bits per heavy atom. The topological polar surface area (TPSA) is 137 Å². The molecule has 0 spiro atoms. The standard InChI is InChI=1S/C37H27F3N2O9/c1-18-14-21(6-12-30(18)49-19(2)43)36(4,37(38,39)40)22-7-13-31(50-20(3)44)29(15-22)42-34(47)26-11-9-24(17-28(26)35(42)48)51-23-8-10-25-27(16-23)33(46)41(5)32(25)45/h6-17H,1-5H3. The summed E-state index contributed by atoms with van der Waals surface area (Å²) in [5.74, 6) is -4.36. The Bertz CT molecular complexity index is 2230. The minimum Gasteiger partial charge on any atom is -0.457 e. The number of hydrogen-bond acceptors (Lipinski definition) is 9. The van der Waals surface area contributed by atoms with Gasteiger partial charge in [0.1, 0.15) is 22.7 Å². The number of amides is 4. The van der Waals surface area contributed by atoms with Crippen molar-refractivity contribution in [3.05, 3.63) is 112 Å². The van der Waals surface area contributed by atoms with Crippen LogP contribution in [0.3, 0.4) is 0 Å². The number of aryl methyl sites for hydroxylation is 1. The SMILES string of the molecule is CC(=O)Oc1ccc(C(C)(c2ccc(OC(C)=O)c(N3C(=O)c4ccc(Oc5ccc6c(c5)C(=O)N(C)C6=O)cc4C3=O)c2)C(F)(F)F)cc1C. The van der Waals surface area contributed by atoms with Crippen molar-refractivity contribution < 1.29 is 56.1 Å². The number of benzene rings is 4. The van der Waals surface area contributed by atoms with Gasteiger partial charge in [0, 0.05) is 20.9 Å². The number of alkyl halides is 3. The molecule has 14 heteroatoms. The Balaban J connectivity index is 1.40. The van der Waals surface area contributed by atoms with Gasteiger partial charge in [0.2, 0.25) is 0 Å². The maximum atomic E-state index is 15.1. The lowest BCUT2D eigenvalue weighted by Gasteiger charge is -2.34. The van der Waals surface area contributed by atoms with Gasteiger partial charge in [-0.15, -0.1) is 0 Å². The second kappa shape index (κ2) is 12.2. The molecule has 0 N–H and O–H groups in total. The molecule has 4 amide bonds. The number of imide groups is 2. The van der Waals surface area contributed by atoms with E-state index in [1.807, 2.05) is 0 Å². The molecule has 4 aromatic rings. The molecule has 51 heavy (non-hydrogen) atoms. The molecular weight excluding hydrogens is 673 g/mol. The number of carbonyl (C=O) groups is 6. The number of rotatable bonds is 7. The van der Waals surface area contributed by atoms with Gasteiger partial charge in [-0.05, 0) is 85.1 Å². The highest BCUT2D eigenvalue weighted by Gasteiger charge is 2.54. The third kappa shape index (κ3) is 5.77. The molecule has 0 aromatic heterocycles. The Labute approximate surface area is 288 Å². The molecule has 260 valence electrons. The summed E-state index contributed by atoms with van der Waals surface area (Å²) in [5.41, 5.74) is -3.45. The number of hydrogen-bond donors (Lipinski definition) is 0. The molecule has 4 aromatic carbocycles. The maximum Gasteiger partial charge on any atom is 0.402 e. The number of halogens is 3. The zero-order valence-electron chi connectivity index (χ0n) is 27.6. The smallest absolute Gasteiger partial charge is 0.402 e. The highest BCUT2D eigenvalue weighted by atomic mass is 19.4. The number of anilines is 1. The highest BCUT2D eigenvalue weighted by Crippen LogP contribution is 2.49. The van der Waals surface area contributed by atoms with Crippen molar-refractivity contribution in [2.24, 2.45) is 0 Å². The molecule has 2 aliphatic rings. The third-order valence-electron chi connectivity index (χ3n) is 8.76. The van der Waals surface area contributed by atoms with Crippen molar-refractivity contribution in [1.29, 1.82) is 0 Å². The molecule has 0 fully saturated rings. The van der Waals surface area contributed by atoms with Crippen molar-refractivity contribution in [3.63, 3.8) is 0 Å². The van der Waals surface area contributed by atoms with E-state index in [0.717, 1.165) is 49.9 Å². The Morgan fingerprint density at radius 1 is 0.627 bits per heavy atom. The lowest BCUT2D eigenvalue weighted by molar-refractivity contribution is -0.173. The van der Waals surface area contributed by atoms with Crippen LogP contribution in [0, 0.1) is 6.92 Å². The van der Waals surface area contributed by atoms with Gasteiger partial charge in [-0.25, -0.2) is 4.90 Å². The number of esters is 2. The summed E-state index contributed by atoms with van der Waals surface area (Å²) in [5, 5.41) is 0. The van der Waals surface area contributed by atoms with Gasteiger partial charge in [-0.1, -0.05) is 18.2 Å². The van der Waals surface area contributed by atoms with Crippen molar-refractivity contribution in [2.75, 3.05) is 11.9 Å². The second-order valence-electron chi connectivity index (χ2n) is 12.1. The van der Waals surface area contributed by atoms with Crippen LogP contribution in [0.5, 0.6) is 23.0 Å². The monoisotopic (exact) mass is 700 g/mol. The minimum atomic E-state index is -4.93. The first-order valence-electron chi connectivity index (χ1n) is 15.3. The van der Waals surface area contributed by atoms with Crippen LogP contribution in [0.4, 0.5) is 18.9 Å². The summed E-state index contributed by atoms with van der Waals surface area (Å²) in [4.78, 5) is 77.4. The number of nitrogens with zero attached hydrogens (tertiary/aromatic N) is 2. The van der Waals surface area contributed by atoms with Crippen LogP contribution in [0.2, 0.25) is 0 Å². The first-order valence-corrected chi connectivity index (χ1v) is 15.3. The van der Waals surface area contributed by atoms with E-state index in [1.165, 1.54) is 62.5 Å². The predicted molar refractivity (Wildman–Crippen MR) is 173 cm³/mol. The Hall–Kier alpha value is -6.31. The average Bonchev–Trinajstić information content (AvgIpc) is 3.43. The van der Waals surface area contributed by atoms with E-state index < -0.39 is 58.4 Å². The fourth-order valence-electron chi connectivity index (χ4n) is 6.01. The molecule has 2 aliphatic heterocycles. The van der Waals surface area contributed by atoms with E-state index in [1.54, 1.807) is 0 Å². The zero-order chi connectivity index (χ0) is 37.2. The van der Waals surface area contributed by atoms with Crippen LogP contribution < -0.4 is 19.1 Å². The lowest BCUT2D eigenvalue weighted by Crippen LogP contribution is -2.41. The molecule has 11 nitrogen and oxygen atoms in total. The largest absolute Gasteiger partial charge is 0.457 e. The average molecular weight is 701 g/mol. The summed E-state index contributed by atoms with van der Waals surface area (Å²) in [6, 6.07) is 14.9. The van der Waals surface area contributed by atoms with Gasteiger partial charge in [-0.3, -0.25) is 33.7 Å². The van der Waals surface area contributed by atoms with Crippen LogP contribution in [-0.4, -0.2) is 53.7 Å². The van der Waals surface area contributed by atoms with Crippen molar-refractivity contribution in [2.45, 2.75) is 39.3 Å². The van der Waals surface area contributed by atoms with E-state index in [9.17, 15) is 28.8 Å². The van der Waals surface area contributed by atoms with Gasteiger partial charge < -0.3 is 14.2 Å². The van der Waals surface area contributed by atoms with Crippen molar-refractivity contribution >= 4 is 41.3 Å². The molecule has 0 bridgehead atoms. The molecule has 1 atom stereocenters.